The van der Waals surface area contributed by atoms with Crippen molar-refractivity contribution in [3.8, 4) is 0 Å². The molecule has 17 heavy (non-hydrogen) atoms. The molecule has 0 aliphatic carbocycles. The lowest BCUT2D eigenvalue weighted by atomic mass is 10.2. The maximum Gasteiger partial charge on any atom is 0.264 e. The molecular formula is C11H10ClN3OS. The molecule has 1 aromatic heterocycles. The summed E-state index contributed by atoms with van der Waals surface area (Å²) in [6.45, 7) is 0.452. The molecule has 1 amide bonds. The van der Waals surface area contributed by atoms with Crippen molar-refractivity contribution >= 4 is 34.0 Å². The van der Waals surface area contributed by atoms with Crippen molar-refractivity contribution in [2.75, 3.05) is 5.73 Å². The lowest BCUT2D eigenvalue weighted by molar-refractivity contribution is 0.0955. The number of halogens is 1. The normalized spacial score (nSPS) is 10.2. The lowest BCUT2D eigenvalue weighted by Crippen LogP contribution is -2.22. The molecule has 0 aliphatic rings. The van der Waals surface area contributed by atoms with Gasteiger partial charge in [0.15, 0.2) is 10.3 Å². The second kappa shape index (κ2) is 5.16. The maximum atomic E-state index is 11.8. The van der Waals surface area contributed by atoms with E-state index in [1.54, 1.807) is 0 Å². The Morgan fingerprint density at radius 3 is 2.71 bits per heavy atom. The first-order valence-corrected chi connectivity index (χ1v) is 6.10. The number of nitrogens with one attached hydrogen (secondary N) is 1. The fourth-order valence-electron chi connectivity index (χ4n) is 1.32. The molecule has 0 fully saturated rings. The molecule has 0 aliphatic heterocycles. The Morgan fingerprint density at radius 1 is 1.41 bits per heavy atom. The van der Waals surface area contributed by atoms with Crippen LogP contribution in [0.25, 0.3) is 0 Å². The quantitative estimate of drug-likeness (QED) is 0.897. The minimum Gasteiger partial charge on any atom is -0.375 e. The number of nitrogen functional groups attached to an aromatic ring is 1. The Hall–Kier alpha value is -1.59. The molecule has 0 spiro atoms. The summed E-state index contributed by atoms with van der Waals surface area (Å²) >= 11 is 6.86. The van der Waals surface area contributed by atoms with Crippen LogP contribution < -0.4 is 11.1 Å². The van der Waals surface area contributed by atoms with Gasteiger partial charge in [-0.05, 0) is 5.56 Å². The fourth-order valence-corrected chi connectivity index (χ4v) is 2.30. The minimum atomic E-state index is -0.256. The number of hydrogen-bond donors (Lipinski definition) is 2. The summed E-state index contributed by atoms with van der Waals surface area (Å²) in [5.74, 6) is -0.256. The Labute approximate surface area is 107 Å². The van der Waals surface area contributed by atoms with Crippen LogP contribution in [0.1, 0.15) is 15.2 Å². The number of nitrogens with two attached hydrogens (primary N) is 1. The van der Waals surface area contributed by atoms with Gasteiger partial charge in [-0.1, -0.05) is 53.3 Å². The van der Waals surface area contributed by atoms with Gasteiger partial charge in [-0.2, -0.15) is 0 Å². The number of amides is 1. The number of carbonyl (C=O) groups is 1. The average Bonchev–Trinajstić information content (AvgIpc) is 2.67. The highest BCUT2D eigenvalue weighted by molar-refractivity contribution is 7.17. The van der Waals surface area contributed by atoms with Crippen LogP contribution >= 0.6 is 22.9 Å². The zero-order chi connectivity index (χ0) is 12.3. The third kappa shape index (κ3) is 2.95. The zero-order valence-corrected chi connectivity index (χ0v) is 10.4. The first kappa shape index (κ1) is 11.9. The number of thiazole rings is 1. The van der Waals surface area contributed by atoms with E-state index in [4.69, 9.17) is 17.3 Å². The van der Waals surface area contributed by atoms with Crippen LogP contribution in [-0.4, -0.2) is 10.9 Å². The van der Waals surface area contributed by atoms with Gasteiger partial charge in [-0.15, -0.1) is 0 Å². The second-order valence-corrected chi connectivity index (χ2v) is 4.73. The van der Waals surface area contributed by atoms with Crippen LogP contribution in [0.2, 0.25) is 5.15 Å². The summed E-state index contributed by atoms with van der Waals surface area (Å²) in [5, 5.41) is 3.20. The van der Waals surface area contributed by atoms with Crippen LogP contribution in [0.3, 0.4) is 0 Å². The number of nitrogens with zero attached hydrogens (tertiary/aromatic N) is 1. The van der Waals surface area contributed by atoms with Crippen molar-refractivity contribution in [3.05, 3.63) is 45.9 Å². The molecule has 88 valence electrons. The van der Waals surface area contributed by atoms with Gasteiger partial charge >= 0.3 is 0 Å². The van der Waals surface area contributed by atoms with E-state index in [2.05, 4.69) is 10.3 Å². The molecule has 0 unspecified atom stereocenters. The third-order valence-corrected chi connectivity index (χ3v) is 3.37. The molecule has 0 atom stereocenters. The largest absolute Gasteiger partial charge is 0.375 e. The number of rotatable bonds is 3. The Bertz CT molecular complexity index is 527. The van der Waals surface area contributed by atoms with E-state index in [1.165, 1.54) is 0 Å². The Kier molecular flexibility index (Phi) is 3.61. The minimum absolute atomic E-state index is 0.151. The van der Waals surface area contributed by atoms with Crippen LogP contribution in [0.5, 0.6) is 0 Å². The number of benzene rings is 1. The molecule has 1 heterocycles. The predicted molar refractivity (Wildman–Crippen MR) is 69.1 cm³/mol. The number of aromatic nitrogens is 1. The molecule has 2 rings (SSSR count). The molecule has 6 heteroatoms. The Balaban J connectivity index is 2.01. The molecule has 0 bridgehead atoms. The van der Waals surface area contributed by atoms with Gasteiger partial charge in [0.05, 0.1) is 0 Å². The van der Waals surface area contributed by atoms with Crippen molar-refractivity contribution in [1.29, 1.82) is 0 Å². The summed E-state index contributed by atoms with van der Waals surface area (Å²) in [6.07, 6.45) is 0. The van der Waals surface area contributed by atoms with Gasteiger partial charge in [-0.3, -0.25) is 4.79 Å². The highest BCUT2D eigenvalue weighted by Crippen LogP contribution is 2.24. The van der Waals surface area contributed by atoms with Gasteiger partial charge in [0.25, 0.3) is 5.91 Å². The lowest BCUT2D eigenvalue weighted by Gasteiger charge is -2.03. The van der Waals surface area contributed by atoms with Crippen molar-refractivity contribution in [2.24, 2.45) is 0 Å². The monoisotopic (exact) mass is 267 g/mol. The number of anilines is 1. The van der Waals surface area contributed by atoms with E-state index < -0.39 is 0 Å². The van der Waals surface area contributed by atoms with Crippen molar-refractivity contribution in [2.45, 2.75) is 6.54 Å². The molecule has 0 saturated carbocycles. The molecular weight excluding hydrogens is 258 g/mol. The first-order chi connectivity index (χ1) is 8.16. The van der Waals surface area contributed by atoms with Crippen molar-refractivity contribution in [1.82, 2.24) is 10.3 Å². The highest BCUT2D eigenvalue weighted by atomic mass is 35.5. The molecule has 0 radical (unpaired) electrons. The molecule has 2 aromatic rings. The van der Waals surface area contributed by atoms with Crippen LogP contribution in [0.4, 0.5) is 5.13 Å². The van der Waals surface area contributed by atoms with E-state index in [9.17, 15) is 4.79 Å². The van der Waals surface area contributed by atoms with Gasteiger partial charge in [0, 0.05) is 6.54 Å². The standard InChI is InChI=1S/C11H10ClN3OS/c12-9-8(17-11(13)15-9)10(16)14-6-7-4-2-1-3-5-7/h1-5H,6H2,(H2,13,15)(H,14,16). The molecule has 0 saturated heterocycles. The summed E-state index contributed by atoms with van der Waals surface area (Å²) < 4.78 is 0. The summed E-state index contributed by atoms with van der Waals surface area (Å²) in [4.78, 5) is 15.9. The van der Waals surface area contributed by atoms with Crippen LogP contribution in [0, 0.1) is 0 Å². The summed E-state index contributed by atoms with van der Waals surface area (Å²) in [5.41, 5.74) is 6.49. The van der Waals surface area contributed by atoms with Gasteiger partial charge in [-0.25, -0.2) is 4.98 Å². The van der Waals surface area contributed by atoms with E-state index >= 15 is 0 Å². The SMILES string of the molecule is Nc1nc(Cl)c(C(=O)NCc2ccccc2)s1. The third-order valence-electron chi connectivity index (χ3n) is 2.10. The van der Waals surface area contributed by atoms with Crippen molar-refractivity contribution in [3.63, 3.8) is 0 Å². The fraction of sp³-hybridized carbons (Fsp3) is 0.0909. The van der Waals surface area contributed by atoms with E-state index in [0.717, 1.165) is 16.9 Å². The average molecular weight is 268 g/mol. The molecule has 1 aromatic carbocycles. The number of carbonyl (C=O) groups excluding carboxylic acids is 1. The van der Waals surface area contributed by atoms with Gasteiger partial charge in [0.1, 0.15) is 4.88 Å². The summed E-state index contributed by atoms with van der Waals surface area (Å²) in [7, 11) is 0. The topological polar surface area (TPSA) is 68.0 Å². The van der Waals surface area contributed by atoms with Crippen LogP contribution in [0.15, 0.2) is 30.3 Å². The molecule has 4 nitrogen and oxygen atoms in total. The molecule has 3 N–H and O–H groups in total. The van der Waals surface area contributed by atoms with E-state index in [0.29, 0.717) is 16.6 Å². The zero-order valence-electron chi connectivity index (χ0n) is 8.81. The maximum absolute atomic E-state index is 11.8. The summed E-state index contributed by atoms with van der Waals surface area (Å²) in [6, 6.07) is 9.62. The van der Waals surface area contributed by atoms with E-state index in [1.807, 2.05) is 30.3 Å². The highest BCUT2D eigenvalue weighted by Gasteiger charge is 2.15. The smallest absolute Gasteiger partial charge is 0.264 e. The van der Waals surface area contributed by atoms with E-state index in [-0.39, 0.29) is 11.1 Å². The Morgan fingerprint density at radius 2 is 2.12 bits per heavy atom. The second-order valence-electron chi connectivity index (χ2n) is 3.34. The van der Waals surface area contributed by atoms with Crippen molar-refractivity contribution < 1.29 is 4.79 Å². The van der Waals surface area contributed by atoms with Crippen LogP contribution in [-0.2, 0) is 6.54 Å². The predicted octanol–water partition coefficient (Wildman–Crippen LogP) is 2.31. The number of hydrogen-bond acceptors (Lipinski definition) is 4. The van der Waals surface area contributed by atoms with Gasteiger partial charge < -0.3 is 11.1 Å². The first-order valence-electron chi connectivity index (χ1n) is 4.91. The van der Waals surface area contributed by atoms with Gasteiger partial charge in [0.2, 0.25) is 0 Å².